The van der Waals surface area contributed by atoms with E-state index in [4.69, 9.17) is 10.5 Å². The van der Waals surface area contributed by atoms with Crippen molar-refractivity contribution in [1.29, 1.82) is 0 Å². The van der Waals surface area contributed by atoms with Gasteiger partial charge in [0, 0.05) is 25.7 Å². The Kier molecular flexibility index (Phi) is 3.98. The van der Waals surface area contributed by atoms with Gasteiger partial charge in [0.25, 0.3) is 0 Å². The fourth-order valence-electron chi connectivity index (χ4n) is 1.66. The van der Waals surface area contributed by atoms with Crippen LogP contribution in [0.5, 0.6) is 0 Å². The quantitative estimate of drug-likeness (QED) is 0.654. The van der Waals surface area contributed by atoms with E-state index in [-0.39, 0.29) is 0 Å². The molecule has 0 aromatic rings. The van der Waals surface area contributed by atoms with Crippen LogP contribution in [0, 0.1) is 0 Å². The van der Waals surface area contributed by atoms with Gasteiger partial charge < -0.3 is 15.4 Å². The molecule has 0 amide bonds. The smallest absolute Gasteiger partial charge is 0.0604 e. The Morgan fingerprint density at radius 2 is 2.17 bits per heavy atom. The van der Waals surface area contributed by atoms with Crippen LogP contribution < -0.4 is 5.73 Å². The van der Waals surface area contributed by atoms with Crippen molar-refractivity contribution < 1.29 is 4.74 Å². The molecule has 0 radical (unpaired) electrons. The van der Waals surface area contributed by atoms with Crippen molar-refractivity contribution in [2.75, 3.05) is 26.7 Å². The lowest BCUT2D eigenvalue weighted by Gasteiger charge is -2.40. The number of nitrogens with two attached hydrogens (primary N) is 1. The Balaban J connectivity index is 2.07. The lowest BCUT2D eigenvalue weighted by Crippen LogP contribution is -2.47. The molecule has 12 heavy (non-hydrogen) atoms. The highest BCUT2D eigenvalue weighted by atomic mass is 16.5. The molecule has 0 saturated heterocycles. The van der Waals surface area contributed by atoms with E-state index < -0.39 is 0 Å². The van der Waals surface area contributed by atoms with Crippen LogP contribution in [0.4, 0.5) is 0 Å². The van der Waals surface area contributed by atoms with Gasteiger partial charge in [-0.25, -0.2) is 0 Å². The second kappa shape index (κ2) is 4.80. The predicted octanol–water partition coefficient (Wildman–Crippen LogP) is 0.444. The van der Waals surface area contributed by atoms with E-state index in [9.17, 15) is 0 Å². The number of ether oxygens (including phenoxy) is 1. The summed E-state index contributed by atoms with van der Waals surface area (Å²) in [5, 5.41) is 0. The van der Waals surface area contributed by atoms with Gasteiger partial charge in [0.05, 0.1) is 6.10 Å². The first-order chi connectivity index (χ1) is 5.77. The van der Waals surface area contributed by atoms with Gasteiger partial charge in [-0.2, -0.15) is 0 Å². The maximum atomic E-state index is 5.48. The molecule has 0 aliphatic heterocycles. The number of likely N-dealkylation sites (N-methyl/N-ethyl adjacent to an activating group) is 1. The molecule has 3 heteroatoms. The van der Waals surface area contributed by atoms with Crippen molar-refractivity contribution in [1.82, 2.24) is 4.90 Å². The predicted molar refractivity (Wildman–Crippen MR) is 50.1 cm³/mol. The Labute approximate surface area is 74.9 Å². The third kappa shape index (κ3) is 2.44. The summed E-state index contributed by atoms with van der Waals surface area (Å²) in [5.41, 5.74) is 5.47. The minimum Gasteiger partial charge on any atom is -0.378 e. The lowest BCUT2D eigenvalue weighted by molar-refractivity contribution is -0.0393. The summed E-state index contributed by atoms with van der Waals surface area (Å²) >= 11 is 0. The average Bonchev–Trinajstić information content (AvgIpc) is 1.96. The third-order valence-corrected chi connectivity index (χ3v) is 2.58. The third-order valence-electron chi connectivity index (χ3n) is 2.58. The van der Waals surface area contributed by atoms with E-state index in [0.717, 1.165) is 19.7 Å². The highest BCUT2D eigenvalue weighted by Crippen LogP contribution is 2.26. The van der Waals surface area contributed by atoms with Gasteiger partial charge in [-0.15, -0.1) is 0 Å². The Morgan fingerprint density at radius 3 is 2.67 bits per heavy atom. The molecular weight excluding hydrogens is 152 g/mol. The van der Waals surface area contributed by atoms with Gasteiger partial charge in [-0.05, 0) is 26.8 Å². The normalized spacial score (nSPS) is 29.0. The summed E-state index contributed by atoms with van der Waals surface area (Å²) in [6.07, 6.45) is 2.88. The van der Waals surface area contributed by atoms with Crippen LogP contribution in [0.2, 0.25) is 0 Å². The van der Waals surface area contributed by atoms with Crippen LogP contribution in [0.3, 0.4) is 0 Å². The first-order valence-corrected chi connectivity index (χ1v) is 4.79. The van der Waals surface area contributed by atoms with Crippen LogP contribution in [0.25, 0.3) is 0 Å². The second-order valence-corrected chi connectivity index (χ2v) is 3.47. The fourth-order valence-corrected chi connectivity index (χ4v) is 1.66. The Bertz CT molecular complexity index is 124. The molecule has 0 bridgehead atoms. The highest BCUT2D eigenvalue weighted by Gasteiger charge is 2.31. The summed E-state index contributed by atoms with van der Waals surface area (Å²) < 4.78 is 5.48. The molecule has 0 heterocycles. The van der Waals surface area contributed by atoms with Gasteiger partial charge in [0.15, 0.2) is 0 Å². The van der Waals surface area contributed by atoms with Gasteiger partial charge in [0.2, 0.25) is 0 Å². The van der Waals surface area contributed by atoms with Crippen molar-refractivity contribution in [3.05, 3.63) is 0 Å². The van der Waals surface area contributed by atoms with Crippen LogP contribution in [-0.2, 0) is 4.74 Å². The van der Waals surface area contributed by atoms with Crippen molar-refractivity contribution in [2.45, 2.75) is 31.9 Å². The molecular formula is C9H20N2O. The van der Waals surface area contributed by atoms with E-state index in [1.165, 1.54) is 12.8 Å². The highest BCUT2D eigenvalue weighted by molar-refractivity contribution is 4.86. The number of hydrogen-bond acceptors (Lipinski definition) is 3. The molecule has 0 spiro atoms. The largest absolute Gasteiger partial charge is 0.378 e. The van der Waals surface area contributed by atoms with Gasteiger partial charge in [0.1, 0.15) is 0 Å². The molecule has 0 unspecified atom stereocenters. The van der Waals surface area contributed by atoms with E-state index >= 15 is 0 Å². The summed E-state index contributed by atoms with van der Waals surface area (Å²) in [7, 11) is 2.14. The molecule has 72 valence electrons. The number of hydrogen-bond donors (Lipinski definition) is 1. The average molecular weight is 172 g/mol. The molecule has 1 aliphatic carbocycles. The van der Waals surface area contributed by atoms with Crippen LogP contribution in [0.15, 0.2) is 0 Å². The zero-order chi connectivity index (χ0) is 8.97. The maximum Gasteiger partial charge on any atom is 0.0604 e. The number of nitrogens with zero attached hydrogens (tertiary/aromatic N) is 1. The fraction of sp³-hybridized carbons (Fsp3) is 1.00. The zero-order valence-corrected chi connectivity index (χ0v) is 8.12. The van der Waals surface area contributed by atoms with Crippen molar-refractivity contribution in [3.8, 4) is 0 Å². The molecule has 2 N–H and O–H groups in total. The molecule has 1 rings (SSSR count). The lowest BCUT2D eigenvalue weighted by atomic mass is 9.88. The molecule has 1 aliphatic rings. The summed E-state index contributed by atoms with van der Waals surface area (Å²) in [4.78, 5) is 2.33. The van der Waals surface area contributed by atoms with Gasteiger partial charge in [-0.3, -0.25) is 0 Å². The van der Waals surface area contributed by atoms with Crippen molar-refractivity contribution in [3.63, 3.8) is 0 Å². The van der Waals surface area contributed by atoms with E-state index in [1.807, 2.05) is 0 Å². The molecule has 0 atom stereocenters. The first kappa shape index (κ1) is 9.96. The zero-order valence-electron chi connectivity index (χ0n) is 8.12. The van der Waals surface area contributed by atoms with E-state index in [2.05, 4.69) is 18.9 Å². The molecule has 1 fully saturated rings. The summed E-state index contributed by atoms with van der Waals surface area (Å²) in [5.74, 6) is 0. The maximum absolute atomic E-state index is 5.48. The van der Waals surface area contributed by atoms with Crippen molar-refractivity contribution >= 4 is 0 Å². The molecule has 0 aromatic carbocycles. The monoisotopic (exact) mass is 172 g/mol. The summed E-state index contributed by atoms with van der Waals surface area (Å²) in [6.45, 7) is 4.66. The van der Waals surface area contributed by atoms with Gasteiger partial charge >= 0.3 is 0 Å². The van der Waals surface area contributed by atoms with Crippen LogP contribution in [-0.4, -0.2) is 43.8 Å². The minimum absolute atomic E-state index is 0.514. The Morgan fingerprint density at radius 1 is 1.50 bits per heavy atom. The van der Waals surface area contributed by atoms with E-state index in [1.54, 1.807) is 0 Å². The Hall–Kier alpha value is -0.120. The van der Waals surface area contributed by atoms with Crippen molar-refractivity contribution in [2.24, 2.45) is 5.73 Å². The summed E-state index contributed by atoms with van der Waals surface area (Å²) in [6, 6.07) is 0.713. The second-order valence-electron chi connectivity index (χ2n) is 3.47. The standard InChI is InChI=1S/C9H20N2O/c1-3-12-9-6-8(7-9)11(2)5-4-10/h8-9H,3-7,10H2,1-2H3. The topological polar surface area (TPSA) is 38.5 Å². The number of rotatable bonds is 5. The first-order valence-electron chi connectivity index (χ1n) is 4.79. The molecule has 3 nitrogen and oxygen atoms in total. The molecule has 0 aromatic heterocycles. The van der Waals surface area contributed by atoms with E-state index in [0.29, 0.717) is 12.1 Å². The van der Waals surface area contributed by atoms with Crippen LogP contribution >= 0.6 is 0 Å². The van der Waals surface area contributed by atoms with Gasteiger partial charge in [-0.1, -0.05) is 0 Å². The van der Waals surface area contributed by atoms with Crippen LogP contribution in [0.1, 0.15) is 19.8 Å². The SMILES string of the molecule is CCOC1CC(N(C)CCN)C1. The minimum atomic E-state index is 0.514. The molecule has 1 saturated carbocycles.